The third-order valence-corrected chi connectivity index (χ3v) is 3.67. The number of hydrogen-bond acceptors (Lipinski definition) is 4. The molecule has 0 atom stereocenters. The van der Waals surface area contributed by atoms with Gasteiger partial charge >= 0.3 is 0 Å². The first-order valence-electron chi connectivity index (χ1n) is 7.54. The molecule has 2 rings (SSSR count). The first-order valence-corrected chi connectivity index (χ1v) is 7.91. The molecule has 1 heterocycles. The Morgan fingerprint density at radius 2 is 2.08 bits per heavy atom. The maximum absolute atomic E-state index is 12.4. The van der Waals surface area contributed by atoms with Crippen molar-refractivity contribution in [2.45, 2.75) is 27.3 Å². The Balaban J connectivity index is 2.11. The van der Waals surface area contributed by atoms with Gasteiger partial charge in [0.25, 0.3) is 5.91 Å². The zero-order valence-electron chi connectivity index (χ0n) is 14.1. The Kier molecular flexibility index (Phi) is 5.45. The molecule has 0 bridgehead atoms. The third kappa shape index (κ3) is 4.81. The highest BCUT2D eigenvalue weighted by atomic mass is 35.5. The van der Waals surface area contributed by atoms with Gasteiger partial charge in [-0.25, -0.2) is 4.98 Å². The summed E-state index contributed by atoms with van der Waals surface area (Å²) in [7, 11) is 0. The minimum absolute atomic E-state index is 0.0898. The number of carbonyl (C=O) groups excluding carboxylic acids is 2. The lowest BCUT2D eigenvalue weighted by Crippen LogP contribution is -2.34. The number of halogens is 1. The predicted octanol–water partition coefficient (Wildman–Crippen LogP) is 2.85. The summed E-state index contributed by atoms with van der Waals surface area (Å²) in [5, 5.41) is 14.4. The fourth-order valence-corrected chi connectivity index (χ4v) is 2.12. The lowest BCUT2D eigenvalue weighted by atomic mass is 9.95. The van der Waals surface area contributed by atoms with Crippen LogP contribution < -0.4 is 10.6 Å². The van der Waals surface area contributed by atoms with E-state index in [-0.39, 0.29) is 34.7 Å². The third-order valence-electron chi connectivity index (χ3n) is 3.34. The van der Waals surface area contributed by atoms with Gasteiger partial charge in [0, 0.05) is 12.0 Å². The first kappa shape index (κ1) is 18.5. The molecule has 2 amide bonds. The number of anilines is 1. The van der Waals surface area contributed by atoms with Gasteiger partial charge in [-0.15, -0.1) is 0 Å². The summed E-state index contributed by atoms with van der Waals surface area (Å²) >= 11 is 6.09. The molecule has 25 heavy (non-hydrogen) atoms. The molecule has 0 aliphatic heterocycles. The summed E-state index contributed by atoms with van der Waals surface area (Å²) in [6.07, 6.45) is 1.32. The molecule has 0 aliphatic rings. The topological polar surface area (TPSA) is 111 Å². The Morgan fingerprint density at radius 1 is 1.36 bits per heavy atom. The number of nitrogens with one attached hydrogen (secondary N) is 3. The van der Waals surface area contributed by atoms with Gasteiger partial charge in [0.15, 0.2) is 0 Å². The molecular weight excluding hydrogens is 342 g/mol. The second-order valence-corrected chi connectivity index (χ2v) is 6.87. The molecular formula is C17H18ClN5O2. The number of benzene rings is 1. The SMILES string of the molecule is CC(C)(C)C(=O)NCc1ccc(Cl)c(C(=O)Nc2ncc(C#N)[nH]2)c1. The van der Waals surface area contributed by atoms with Crippen LogP contribution in [0.1, 0.15) is 42.4 Å². The van der Waals surface area contributed by atoms with Crippen LogP contribution in [-0.4, -0.2) is 21.8 Å². The largest absolute Gasteiger partial charge is 0.352 e. The molecule has 0 spiro atoms. The van der Waals surface area contributed by atoms with Crippen molar-refractivity contribution in [3.63, 3.8) is 0 Å². The molecule has 0 saturated heterocycles. The van der Waals surface area contributed by atoms with Crippen LogP contribution in [0.4, 0.5) is 5.95 Å². The minimum atomic E-state index is -0.496. The Morgan fingerprint density at radius 3 is 2.68 bits per heavy atom. The van der Waals surface area contributed by atoms with Crippen molar-refractivity contribution in [2.24, 2.45) is 5.41 Å². The Hall–Kier alpha value is -2.85. The van der Waals surface area contributed by atoms with Crippen molar-refractivity contribution < 1.29 is 9.59 Å². The van der Waals surface area contributed by atoms with Gasteiger partial charge in [-0.05, 0) is 17.7 Å². The molecule has 7 nitrogen and oxygen atoms in total. The molecule has 1 aromatic heterocycles. The van der Waals surface area contributed by atoms with Crippen molar-refractivity contribution >= 4 is 29.4 Å². The van der Waals surface area contributed by atoms with E-state index in [1.165, 1.54) is 6.20 Å². The van der Waals surface area contributed by atoms with Gasteiger partial charge in [0.2, 0.25) is 11.9 Å². The van der Waals surface area contributed by atoms with Crippen LogP contribution in [0, 0.1) is 16.7 Å². The van der Waals surface area contributed by atoms with Crippen molar-refractivity contribution in [1.82, 2.24) is 15.3 Å². The van der Waals surface area contributed by atoms with Gasteiger partial charge in [0.05, 0.1) is 16.8 Å². The van der Waals surface area contributed by atoms with Gasteiger partial charge in [-0.2, -0.15) is 5.26 Å². The number of imidazole rings is 1. The van der Waals surface area contributed by atoms with Crippen molar-refractivity contribution in [2.75, 3.05) is 5.32 Å². The molecule has 8 heteroatoms. The lowest BCUT2D eigenvalue weighted by molar-refractivity contribution is -0.128. The molecule has 2 aromatic rings. The van der Waals surface area contributed by atoms with E-state index in [1.54, 1.807) is 18.2 Å². The van der Waals surface area contributed by atoms with E-state index in [9.17, 15) is 9.59 Å². The number of aromatic amines is 1. The maximum atomic E-state index is 12.4. The van der Waals surface area contributed by atoms with E-state index in [1.807, 2.05) is 26.8 Å². The quantitative estimate of drug-likeness (QED) is 0.779. The smallest absolute Gasteiger partial charge is 0.259 e. The molecule has 0 fully saturated rings. The molecule has 1 aromatic carbocycles. The standard InChI is InChI=1S/C17H18ClN5O2/c1-17(2,3)15(25)20-8-10-4-5-13(18)12(6-10)14(24)23-16-21-9-11(7-19)22-16/h4-6,9H,8H2,1-3H3,(H,20,25)(H2,21,22,23,24). The number of nitriles is 1. The molecule has 0 saturated carbocycles. The summed E-state index contributed by atoms with van der Waals surface area (Å²) in [5.41, 5.74) is 0.730. The van der Waals surface area contributed by atoms with Crippen LogP contribution in [0.25, 0.3) is 0 Å². The van der Waals surface area contributed by atoms with Crippen LogP contribution in [-0.2, 0) is 11.3 Å². The lowest BCUT2D eigenvalue weighted by Gasteiger charge is -2.18. The van der Waals surface area contributed by atoms with Gasteiger partial charge < -0.3 is 10.3 Å². The normalized spacial score (nSPS) is 10.8. The van der Waals surface area contributed by atoms with Gasteiger partial charge in [-0.1, -0.05) is 38.4 Å². The Labute approximate surface area is 150 Å². The van der Waals surface area contributed by atoms with Crippen LogP contribution in [0.2, 0.25) is 5.02 Å². The van der Waals surface area contributed by atoms with E-state index in [0.29, 0.717) is 0 Å². The fourth-order valence-electron chi connectivity index (χ4n) is 1.92. The number of carbonyl (C=O) groups is 2. The van der Waals surface area contributed by atoms with E-state index < -0.39 is 11.3 Å². The molecule has 0 unspecified atom stereocenters. The molecule has 0 aliphatic carbocycles. The number of amides is 2. The van der Waals surface area contributed by atoms with E-state index >= 15 is 0 Å². The fraction of sp³-hybridized carbons (Fsp3) is 0.294. The number of aromatic nitrogens is 2. The molecule has 3 N–H and O–H groups in total. The van der Waals surface area contributed by atoms with E-state index in [2.05, 4.69) is 20.6 Å². The van der Waals surface area contributed by atoms with Gasteiger partial charge in [-0.3, -0.25) is 14.9 Å². The summed E-state index contributed by atoms with van der Waals surface area (Å²) in [6.45, 7) is 5.75. The average molecular weight is 360 g/mol. The van der Waals surface area contributed by atoms with Crippen LogP contribution in [0.3, 0.4) is 0 Å². The second kappa shape index (κ2) is 7.36. The van der Waals surface area contributed by atoms with Crippen LogP contribution >= 0.6 is 11.6 Å². The number of nitrogens with zero attached hydrogens (tertiary/aromatic N) is 2. The molecule has 130 valence electrons. The van der Waals surface area contributed by atoms with Crippen LogP contribution in [0.15, 0.2) is 24.4 Å². The van der Waals surface area contributed by atoms with E-state index in [4.69, 9.17) is 16.9 Å². The predicted molar refractivity (Wildman–Crippen MR) is 94.0 cm³/mol. The highest BCUT2D eigenvalue weighted by molar-refractivity contribution is 6.34. The van der Waals surface area contributed by atoms with Crippen LogP contribution in [0.5, 0.6) is 0 Å². The summed E-state index contributed by atoms with van der Waals surface area (Å²) in [6, 6.07) is 6.82. The van der Waals surface area contributed by atoms with Crippen molar-refractivity contribution in [3.8, 4) is 6.07 Å². The average Bonchev–Trinajstić information content (AvgIpc) is 3.00. The summed E-state index contributed by atoms with van der Waals surface area (Å²) in [5.74, 6) is -0.398. The number of hydrogen-bond donors (Lipinski definition) is 3. The van der Waals surface area contributed by atoms with Gasteiger partial charge in [0.1, 0.15) is 11.8 Å². The second-order valence-electron chi connectivity index (χ2n) is 6.46. The Bertz CT molecular complexity index is 845. The molecule has 0 radical (unpaired) electrons. The summed E-state index contributed by atoms with van der Waals surface area (Å²) in [4.78, 5) is 30.8. The zero-order valence-corrected chi connectivity index (χ0v) is 14.9. The highest BCUT2D eigenvalue weighted by Gasteiger charge is 2.21. The minimum Gasteiger partial charge on any atom is -0.352 e. The number of rotatable bonds is 4. The van der Waals surface area contributed by atoms with Crippen molar-refractivity contribution in [3.05, 3.63) is 46.2 Å². The van der Waals surface area contributed by atoms with E-state index in [0.717, 1.165) is 5.56 Å². The monoisotopic (exact) mass is 359 g/mol. The maximum Gasteiger partial charge on any atom is 0.259 e. The highest BCUT2D eigenvalue weighted by Crippen LogP contribution is 2.19. The first-order chi connectivity index (χ1) is 11.7. The van der Waals surface area contributed by atoms with Crippen molar-refractivity contribution in [1.29, 1.82) is 5.26 Å². The zero-order chi connectivity index (χ0) is 18.6. The summed E-state index contributed by atoms with van der Waals surface area (Å²) < 4.78 is 0. The number of H-pyrrole nitrogens is 1.